The zero-order valence-corrected chi connectivity index (χ0v) is 17.4. The third-order valence-electron chi connectivity index (χ3n) is 4.26. The lowest BCUT2D eigenvalue weighted by Crippen LogP contribution is -2.51. The summed E-state index contributed by atoms with van der Waals surface area (Å²) in [4.78, 5) is 37.8. The predicted octanol–water partition coefficient (Wildman–Crippen LogP) is 2.54. The van der Waals surface area contributed by atoms with Gasteiger partial charge in [-0.15, -0.1) is 0 Å². The van der Waals surface area contributed by atoms with Crippen LogP contribution < -0.4 is 11.1 Å². The number of phenols is 1. The van der Waals surface area contributed by atoms with E-state index >= 15 is 0 Å². The number of amides is 1. The summed E-state index contributed by atoms with van der Waals surface area (Å²) in [6, 6.07) is 13.1. The minimum Gasteiger partial charge on any atom is -0.508 e. The number of nitrogens with two attached hydrogens (primary N) is 1. The molecule has 30 heavy (non-hydrogen) atoms. The molecule has 0 bridgehead atoms. The van der Waals surface area contributed by atoms with Crippen LogP contribution in [0.5, 0.6) is 5.75 Å². The first-order chi connectivity index (χ1) is 14.0. The number of alkyl carbamates (subject to hydrolysis) is 1. The maximum atomic E-state index is 12.9. The molecule has 2 aromatic rings. The van der Waals surface area contributed by atoms with Crippen LogP contribution in [0.15, 0.2) is 54.6 Å². The average Bonchev–Trinajstić information content (AvgIpc) is 2.67. The van der Waals surface area contributed by atoms with E-state index in [1.807, 2.05) is 18.2 Å². The highest BCUT2D eigenvalue weighted by Gasteiger charge is 2.32. The van der Waals surface area contributed by atoms with Crippen molar-refractivity contribution >= 4 is 17.7 Å². The van der Waals surface area contributed by atoms with Crippen LogP contribution in [0.3, 0.4) is 0 Å². The summed E-state index contributed by atoms with van der Waals surface area (Å²) in [5, 5.41) is 11.9. The Hall–Kier alpha value is -3.19. The van der Waals surface area contributed by atoms with Crippen LogP contribution >= 0.6 is 0 Å². The third kappa shape index (κ3) is 7.33. The van der Waals surface area contributed by atoms with Crippen molar-refractivity contribution in [3.63, 3.8) is 0 Å². The summed E-state index contributed by atoms with van der Waals surface area (Å²) < 4.78 is 5.23. The zero-order valence-electron chi connectivity index (χ0n) is 17.4. The molecular formula is C23H28N2O5. The Morgan fingerprint density at radius 2 is 1.50 bits per heavy atom. The first-order valence-corrected chi connectivity index (χ1v) is 9.70. The minimum atomic E-state index is -1.10. The van der Waals surface area contributed by atoms with Crippen molar-refractivity contribution in [2.75, 3.05) is 0 Å². The molecule has 0 radical (unpaired) electrons. The highest BCUT2D eigenvalue weighted by Crippen LogP contribution is 2.13. The van der Waals surface area contributed by atoms with Crippen molar-refractivity contribution in [3.8, 4) is 5.75 Å². The Bertz CT molecular complexity index is 873. The Kier molecular flexibility index (Phi) is 7.72. The molecule has 2 rings (SSSR count). The number of rotatable bonds is 8. The number of hydrogen-bond donors (Lipinski definition) is 3. The summed E-state index contributed by atoms with van der Waals surface area (Å²) in [5.41, 5.74) is 6.72. The fourth-order valence-corrected chi connectivity index (χ4v) is 2.84. The van der Waals surface area contributed by atoms with E-state index in [4.69, 9.17) is 10.5 Å². The van der Waals surface area contributed by atoms with Gasteiger partial charge in [0.15, 0.2) is 0 Å². The molecule has 0 saturated heterocycles. The summed E-state index contributed by atoms with van der Waals surface area (Å²) in [5.74, 6) is -1.46. The monoisotopic (exact) mass is 412 g/mol. The van der Waals surface area contributed by atoms with E-state index < -0.39 is 35.3 Å². The molecule has 160 valence electrons. The van der Waals surface area contributed by atoms with Crippen molar-refractivity contribution in [1.82, 2.24) is 5.32 Å². The number of nitrogens with one attached hydrogen (secondary N) is 1. The van der Waals surface area contributed by atoms with Gasteiger partial charge in [0, 0.05) is 6.42 Å². The van der Waals surface area contributed by atoms with Crippen LogP contribution in [0.1, 0.15) is 31.9 Å². The maximum Gasteiger partial charge on any atom is 0.408 e. The Morgan fingerprint density at radius 1 is 0.933 bits per heavy atom. The van der Waals surface area contributed by atoms with Gasteiger partial charge in [0.2, 0.25) is 11.6 Å². The number of phenolic OH excluding ortho intramolecular Hbond substituents is 1. The van der Waals surface area contributed by atoms with Gasteiger partial charge in [-0.05, 0) is 50.5 Å². The van der Waals surface area contributed by atoms with E-state index in [1.165, 1.54) is 12.1 Å². The fraction of sp³-hybridized carbons (Fsp3) is 0.348. The summed E-state index contributed by atoms with van der Waals surface area (Å²) in [7, 11) is 0. The lowest BCUT2D eigenvalue weighted by molar-refractivity contribution is -0.138. The second-order valence-electron chi connectivity index (χ2n) is 8.09. The predicted molar refractivity (Wildman–Crippen MR) is 113 cm³/mol. The van der Waals surface area contributed by atoms with Crippen molar-refractivity contribution in [2.45, 2.75) is 51.3 Å². The standard InChI is InChI=1S/C23H28N2O5/c1-23(2,3)30-22(29)25-19(14-15-7-5-4-6-8-15)21(28)20(27)18(24)13-16-9-11-17(26)12-10-16/h4-12,18-19,26H,13-14,24H2,1-3H3,(H,25,29)/t18-,19-/m0/s1. The van der Waals surface area contributed by atoms with Crippen LogP contribution in [0.4, 0.5) is 4.79 Å². The van der Waals surface area contributed by atoms with Crippen molar-refractivity contribution < 1.29 is 24.2 Å². The van der Waals surface area contributed by atoms with Crippen LogP contribution in [-0.2, 0) is 27.2 Å². The number of hydrogen-bond acceptors (Lipinski definition) is 6. The van der Waals surface area contributed by atoms with Gasteiger partial charge in [0.05, 0.1) is 6.04 Å². The Labute approximate surface area is 176 Å². The molecule has 0 unspecified atom stereocenters. The molecule has 0 saturated carbocycles. The lowest BCUT2D eigenvalue weighted by atomic mass is 9.94. The highest BCUT2D eigenvalue weighted by atomic mass is 16.6. The van der Waals surface area contributed by atoms with Crippen LogP contribution in [0, 0.1) is 0 Å². The molecule has 0 aliphatic carbocycles. The highest BCUT2D eigenvalue weighted by molar-refractivity contribution is 6.41. The van der Waals surface area contributed by atoms with Gasteiger partial charge in [0.1, 0.15) is 17.4 Å². The SMILES string of the molecule is CC(C)(C)OC(=O)N[C@@H](Cc1ccccc1)C(=O)C(=O)[C@@H](N)Cc1ccc(O)cc1. The molecule has 0 aliphatic heterocycles. The maximum absolute atomic E-state index is 12.9. The molecule has 0 fully saturated rings. The summed E-state index contributed by atoms with van der Waals surface area (Å²) in [6.45, 7) is 5.12. The summed E-state index contributed by atoms with van der Waals surface area (Å²) >= 11 is 0. The van der Waals surface area contributed by atoms with Crippen LogP contribution in [0.2, 0.25) is 0 Å². The van der Waals surface area contributed by atoms with E-state index in [1.54, 1.807) is 45.0 Å². The van der Waals surface area contributed by atoms with Gasteiger partial charge in [-0.3, -0.25) is 9.59 Å². The molecule has 1 amide bonds. The first kappa shape index (κ1) is 23.1. The smallest absolute Gasteiger partial charge is 0.408 e. The number of Topliss-reactive ketones (excluding diaryl/α,β-unsaturated/α-hetero) is 2. The molecule has 4 N–H and O–H groups in total. The lowest BCUT2D eigenvalue weighted by Gasteiger charge is -2.23. The average molecular weight is 412 g/mol. The van der Waals surface area contributed by atoms with E-state index in [-0.39, 0.29) is 18.6 Å². The normalized spacial score (nSPS) is 13.2. The number of aromatic hydroxyl groups is 1. The molecule has 0 heterocycles. The van der Waals surface area contributed by atoms with Gasteiger partial charge in [-0.25, -0.2) is 4.79 Å². The molecule has 7 nitrogen and oxygen atoms in total. The fourth-order valence-electron chi connectivity index (χ4n) is 2.84. The largest absolute Gasteiger partial charge is 0.508 e. The molecule has 7 heteroatoms. The zero-order chi connectivity index (χ0) is 22.3. The second-order valence-corrected chi connectivity index (χ2v) is 8.09. The third-order valence-corrected chi connectivity index (χ3v) is 4.26. The van der Waals surface area contributed by atoms with E-state index in [2.05, 4.69) is 5.32 Å². The number of benzene rings is 2. The number of ketones is 2. The molecule has 0 aliphatic rings. The topological polar surface area (TPSA) is 119 Å². The van der Waals surface area contributed by atoms with Crippen molar-refractivity contribution in [3.05, 3.63) is 65.7 Å². The van der Waals surface area contributed by atoms with Gasteiger partial charge < -0.3 is 20.9 Å². The van der Waals surface area contributed by atoms with Gasteiger partial charge >= 0.3 is 6.09 Å². The number of carbonyl (C=O) groups excluding carboxylic acids is 3. The molecule has 2 aromatic carbocycles. The van der Waals surface area contributed by atoms with Gasteiger partial charge in [-0.1, -0.05) is 42.5 Å². The number of ether oxygens (including phenoxy) is 1. The second kappa shape index (κ2) is 10.0. The minimum absolute atomic E-state index is 0.0965. The molecule has 0 spiro atoms. The first-order valence-electron chi connectivity index (χ1n) is 9.70. The van der Waals surface area contributed by atoms with E-state index in [0.29, 0.717) is 5.56 Å². The van der Waals surface area contributed by atoms with E-state index in [0.717, 1.165) is 5.56 Å². The molecule has 2 atom stereocenters. The van der Waals surface area contributed by atoms with Crippen molar-refractivity contribution in [1.29, 1.82) is 0 Å². The van der Waals surface area contributed by atoms with Gasteiger partial charge in [0.25, 0.3) is 0 Å². The van der Waals surface area contributed by atoms with Gasteiger partial charge in [-0.2, -0.15) is 0 Å². The molecular weight excluding hydrogens is 384 g/mol. The summed E-state index contributed by atoms with van der Waals surface area (Å²) in [6.07, 6.45) is -0.511. The van der Waals surface area contributed by atoms with Crippen LogP contribution in [0.25, 0.3) is 0 Å². The Morgan fingerprint density at radius 3 is 2.07 bits per heavy atom. The quantitative estimate of drug-likeness (QED) is 0.573. The van der Waals surface area contributed by atoms with E-state index in [9.17, 15) is 19.5 Å². The molecule has 0 aromatic heterocycles. The van der Waals surface area contributed by atoms with Crippen LogP contribution in [-0.4, -0.2) is 40.5 Å². The Balaban J connectivity index is 2.13. The van der Waals surface area contributed by atoms with Crippen molar-refractivity contribution in [2.24, 2.45) is 5.73 Å². The number of carbonyl (C=O) groups is 3.